The number of para-hydroxylation sites is 2. The van der Waals surface area contributed by atoms with Crippen LogP contribution in [0.15, 0.2) is 41.1 Å². The molecule has 0 amide bonds. The number of rotatable bonds is 4. The van der Waals surface area contributed by atoms with Crippen LogP contribution < -0.4 is 0 Å². The van der Waals surface area contributed by atoms with Gasteiger partial charge in [-0.15, -0.1) is 0 Å². The number of ketones is 1. The van der Waals surface area contributed by atoms with Gasteiger partial charge in [0.15, 0.2) is 0 Å². The molecule has 6 heteroatoms. The van der Waals surface area contributed by atoms with Gasteiger partial charge in [0.25, 0.3) is 0 Å². The molecule has 0 bridgehead atoms. The maximum Gasteiger partial charge on any atom is 0.232 e. The number of nitrogens with zero attached hydrogens (tertiary/aromatic N) is 4. The monoisotopic (exact) mass is 344 g/mol. The quantitative estimate of drug-likeness (QED) is 0.681. The molecule has 1 aromatic carbocycles. The molecule has 0 unspecified atom stereocenters. The van der Waals surface area contributed by atoms with Gasteiger partial charge in [-0.05, 0) is 34.5 Å². The molecule has 0 spiro atoms. The molecule has 0 aliphatic heterocycles. The number of benzene rings is 1. The fourth-order valence-corrected chi connectivity index (χ4v) is 2.63. The highest BCUT2D eigenvalue weighted by Gasteiger charge is 2.20. The van der Waals surface area contributed by atoms with Crippen LogP contribution in [0.3, 0.4) is 0 Å². The van der Waals surface area contributed by atoms with E-state index in [1.54, 1.807) is 10.9 Å². The van der Waals surface area contributed by atoms with Crippen molar-refractivity contribution in [2.24, 2.45) is 0 Å². The summed E-state index contributed by atoms with van der Waals surface area (Å²) in [5, 5.41) is 4.22. The summed E-state index contributed by atoms with van der Waals surface area (Å²) in [7, 11) is 0. The van der Waals surface area contributed by atoms with Gasteiger partial charge in [-0.1, -0.05) is 19.1 Å². The Hall–Kier alpha value is -2.08. The van der Waals surface area contributed by atoms with Gasteiger partial charge in [0.2, 0.25) is 5.78 Å². The molecule has 0 aliphatic rings. The first kappa shape index (κ1) is 13.9. The number of carbonyl (C=O) groups is 1. The molecule has 2 aromatic heterocycles. The molecule has 0 aliphatic carbocycles. The second-order valence-electron chi connectivity index (χ2n) is 4.64. The smallest absolute Gasteiger partial charge is 0.232 e. The predicted molar refractivity (Wildman–Crippen MR) is 83.2 cm³/mol. The molecule has 3 aromatic rings. The third kappa shape index (κ3) is 2.58. The minimum atomic E-state index is -0.175. The van der Waals surface area contributed by atoms with Crippen molar-refractivity contribution in [3.63, 3.8) is 0 Å². The molecule has 5 nitrogen and oxygen atoms in total. The first-order valence-corrected chi connectivity index (χ1v) is 7.47. The second-order valence-corrected chi connectivity index (χ2v) is 5.49. The third-order valence-corrected chi connectivity index (χ3v) is 3.71. The number of aromatic nitrogens is 4. The van der Waals surface area contributed by atoms with E-state index in [2.05, 4.69) is 31.0 Å². The Morgan fingerprint density at radius 1 is 1.24 bits per heavy atom. The van der Waals surface area contributed by atoms with Crippen LogP contribution >= 0.6 is 15.9 Å². The van der Waals surface area contributed by atoms with E-state index < -0.39 is 0 Å². The zero-order chi connectivity index (χ0) is 14.8. The van der Waals surface area contributed by atoms with Gasteiger partial charge in [0, 0.05) is 6.54 Å². The van der Waals surface area contributed by atoms with Gasteiger partial charge < -0.3 is 0 Å². The average Bonchev–Trinajstić information content (AvgIpc) is 2.87. The van der Waals surface area contributed by atoms with E-state index >= 15 is 0 Å². The fraction of sp³-hybridized carbons (Fsp3) is 0.200. The fourth-order valence-electron chi connectivity index (χ4n) is 2.16. The van der Waals surface area contributed by atoms with Crippen molar-refractivity contribution in [1.29, 1.82) is 0 Å². The van der Waals surface area contributed by atoms with Crippen molar-refractivity contribution in [3.05, 3.63) is 52.5 Å². The molecule has 3 rings (SSSR count). The Morgan fingerprint density at radius 3 is 2.76 bits per heavy atom. The first-order valence-electron chi connectivity index (χ1n) is 6.68. The summed E-state index contributed by atoms with van der Waals surface area (Å²) >= 11 is 3.38. The van der Waals surface area contributed by atoms with E-state index in [-0.39, 0.29) is 5.78 Å². The maximum absolute atomic E-state index is 12.7. The lowest BCUT2D eigenvalue weighted by Gasteiger charge is -2.06. The maximum atomic E-state index is 12.7. The summed E-state index contributed by atoms with van der Waals surface area (Å²) in [6.07, 6.45) is 4.05. The molecule has 0 saturated carbocycles. The Morgan fingerprint density at radius 2 is 2.00 bits per heavy atom. The lowest BCUT2D eigenvalue weighted by molar-refractivity contribution is 0.102. The van der Waals surface area contributed by atoms with Crippen LogP contribution in [0.25, 0.3) is 11.0 Å². The minimum absolute atomic E-state index is 0.175. The number of hydrogen-bond acceptors (Lipinski definition) is 4. The summed E-state index contributed by atoms with van der Waals surface area (Å²) in [6, 6.07) is 7.49. The van der Waals surface area contributed by atoms with Gasteiger partial charge in [0.05, 0.1) is 27.9 Å². The number of halogens is 1. The van der Waals surface area contributed by atoms with Crippen molar-refractivity contribution in [1.82, 2.24) is 19.7 Å². The molecule has 21 heavy (non-hydrogen) atoms. The number of carbonyl (C=O) groups excluding carboxylic acids is 1. The lowest BCUT2D eigenvalue weighted by atomic mass is 10.2. The Bertz CT molecular complexity index is 812. The number of fused-ring (bicyclic) bond motifs is 1. The SMILES string of the molecule is CCCn1ncc(Br)c1C(=O)c1cnc2ccccc2n1. The molecular formula is C15H13BrN4O. The summed E-state index contributed by atoms with van der Waals surface area (Å²) in [6.45, 7) is 2.73. The highest BCUT2D eigenvalue weighted by molar-refractivity contribution is 9.10. The van der Waals surface area contributed by atoms with Crippen LogP contribution in [0.2, 0.25) is 0 Å². The summed E-state index contributed by atoms with van der Waals surface area (Å²) < 4.78 is 2.37. The third-order valence-electron chi connectivity index (χ3n) is 3.13. The summed E-state index contributed by atoms with van der Waals surface area (Å²) in [4.78, 5) is 21.4. The lowest BCUT2D eigenvalue weighted by Crippen LogP contribution is -2.13. The Balaban J connectivity index is 2.06. The van der Waals surface area contributed by atoms with Crippen molar-refractivity contribution in [2.45, 2.75) is 19.9 Å². The Kier molecular flexibility index (Phi) is 3.79. The van der Waals surface area contributed by atoms with E-state index in [1.807, 2.05) is 31.2 Å². The normalized spacial score (nSPS) is 11.0. The first-order chi connectivity index (χ1) is 10.2. The van der Waals surface area contributed by atoms with Gasteiger partial charge in [-0.3, -0.25) is 14.5 Å². The van der Waals surface area contributed by atoms with Gasteiger partial charge in [-0.2, -0.15) is 5.10 Å². The summed E-state index contributed by atoms with van der Waals surface area (Å²) in [5.74, 6) is -0.175. The molecule has 0 atom stereocenters. The largest absolute Gasteiger partial charge is 0.285 e. The van der Waals surface area contributed by atoms with Crippen LogP contribution in [0.5, 0.6) is 0 Å². The summed E-state index contributed by atoms with van der Waals surface area (Å²) in [5.41, 5.74) is 2.32. The molecule has 2 heterocycles. The van der Waals surface area contributed by atoms with Crippen molar-refractivity contribution < 1.29 is 4.79 Å². The van der Waals surface area contributed by atoms with Crippen LogP contribution in [0, 0.1) is 0 Å². The minimum Gasteiger partial charge on any atom is -0.285 e. The number of hydrogen-bond donors (Lipinski definition) is 0. The highest BCUT2D eigenvalue weighted by Crippen LogP contribution is 2.20. The van der Waals surface area contributed by atoms with Crippen molar-refractivity contribution in [3.8, 4) is 0 Å². The van der Waals surface area contributed by atoms with Gasteiger partial charge in [0.1, 0.15) is 11.4 Å². The zero-order valence-corrected chi connectivity index (χ0v) is 13.0. The average molecular weight is 345 g/mol. The van der Waals surface area contributed by atoms with E-state index in [4.69, 9.17) is 0 Å². The van der Waals surface area contributed by atoms with Crippen LogP contribution in [0.1, 0.15) is 29.5 Å². The topological polar surface area (TPSA) is 60.7 Å². The van der Waals surface area contributed by atoms with Crippen LogP contribution in [-0.4, -0.2) is 25.5 Å². The molecule has 106 valence electrons. The molecule has 0 saturated heterocycles. The van der Waals surface area contributed by atoms with Crippen LogP contribution in [-0.2, 0) is 6.54 Å². The number of aryl methyl sites for hydroxylation is 1. The molecular weight excluding hydrogens is 332 g/mol. The van der Waals surface area contributed by atoms with Crippen molar-refractivity contribution >= 4 is 32.7 Å². The van der Waals surface area contributed by atoms with E-state index in [0.717, 1.165) is 11.9 Å². The Labute approximate surface area is 130 Å². The van der Waals surface area contributed by atoms with E-state index in [0.29, 0.717) is 27.9 Å². The zero-order valence-electron chi connectivity index (χ0n) is 11.5. The van der Waals surface area contributed by atoms with E-state index in [9.17, 15) is 4.79 Å². The molecule has 0 radical (unpaired) electrons. The second kappa shape index (κ2) is 5.73. The van der Waals surface area contributed by atoms with E-state index in [1.165, 1.54) is 6.20 Å². The predicted octanol–water partition coefficient (Wildman–Crippen LogP) is 3.23. The highest BCUT2D eigenvalue weighted by atomic mass is 79.9. The van der Waals surface area contributed by atoms with Crippen LogP contribution in [0.4, 0.5) is 0 Å². The molecule has 0 fully saturated rings. The standard InChI is InChI=1S/C15H13BrN4O/c1-2-7-20-14(10(16)8-18-20)15(21)13-9-17-11-5-3-4-6-12(11)19-13/h3-6,8-9H,2,7H2,1H3. The molecule has 0 N–H and O–H groups in total. The van der Waals surface area contributed by atoms with Gasteiger partial charge >= 0.3 is 0 Å². The van der Waals surface area contributed by atoms with Gasteiger partial charge in [-0.25, -0.2) is 4.98 Å². The van der Waals surface area contributed by atoms with Crippen molar-refractivity contribution in [2.75, 3.05) is 0 Å².